The summed E-state index contributed by atoms with van der Waals surface area (Å²) >= 11 is 0. The molecule has 18 heavy (non-hydrogen) atoms. The summed E-state index contributed by atoms with van der Waals surface area (Å²) < 4.78 is 17.9. The molecule has 1 aromatic carbocycles. The Bertz CT molecular complexity index is 413. The number of rotatable bonds is 4. The van der Waals surface area contributed by atoms with Gasteiger partial charge in [-0.3, -0.25) is 4.79 Å². The SMILES string of the molecule is COc1cc(NC(=O)C(N)C(C)C)ccc1F.Cl. The first-order valence-electron chi connectivity index (χ1n) is 5.35. The van der Waals surface area contributed by atoms with E-state index < -0.39 is 11.9 Å². The summed E-state index contributed by atoms with van der Waals surface area (Å²) in [5.41, 5.74) is 6.15. The molecule has 4 nitrogen and oxygen atoms in total. The van der Waals surface area contributed by atoms with Gasteiger partial charge in [0.1, 0.15) is 0 Å². The molecule has 0 saturated carbocycles. The van der Waals surface area contributed by atoms with Crippen LogP contribution in [-0.2, 0) is 4.79 Å². The number of methoxy groups -OCH3 is 1. The summed E-state index contributed by atoms with van der Waals surface area (Å²) in [6.07, 6.45) is 0. The average molecular weight is 277 g/mol. The van der Waals surface area contributed by atoms with Gasteiger partial charge in [0.25, 0.3) is 0 Å². The molecule has 0 spiro atoms. The number of halogens is 2. The fourth-order valence-corrected chi connectivity index (χ4v) is 1.27. The van der Waals surface area contributed by atoms with Crippen molar-refractivity contribution >= 4 is 24.0 Å². The quantitative estimate of drug-likeness (QED) is 0.886. The Balaban J connectivity index is 0.00000289. The molecule has 1 atom stereocenters. The van der Waals surface area contributed by atoms with Gasteiger partial charge in [-0.2, -0.15) is 0 Å². The Labute approximate surface area is 112 Å². The zero-order chi connectivity index (χ0) is 13.0. The van der Waals surface area contributed by atoms with Crippen LogP contribution >= 0.6 is 12.4 Å². The first kappa shape index (κ1) is 16.7. The van der Waals surface area contributed by atoms with E-state index in [4.69, 9.17) is 10.5 Å². The van der Waals surface area contributed by atoms with Crippen LogP contribution in [0.15, 0.2) is 18.2 Å². The summed E-state index contributed by atoms with van der Waals surface area (Å²) in [6, 6.07) is 3.52. The third-order valence-corrected chi connectivity index (χ3v) is 2.44. The van der Waals surface area contributed by atoms with Crippen molar-refractivity contribution in [2.24, 2.45) is 11.7 Å². The van der Waals surface area contributed by atoms with Gasteiger partial charge >= 0.3 is 0 Å². The lowest BCUT2D eigenvalue weighted by atomic mass is 10.0. The highest BCUT2D eigenvalue weighted by Gasteiger charge is 2.17. The van der Waals surface area contributed by atoms with E-state index in [1.165, 1.54) is 25.3 Å². The van der Waals surface area contributed by atoms with Crippen LogP contribution in [0.4, 0.5) is 10.1 Å². The van der Waals surface area contributed by atoms with Crippen LogP contribution in [0.3, 0.4) is 0 Å². The minimum absolute atomic E-state index is 0. The van der Waals surface area contributed by atoms with Crippen molar-refractivity contribution < 1.29 is 13.9 Å². The van der Waals surface area contributed by atoms with Gasteiger partial charge in [-0.05, 0) is 18.1 Å². The van der Waals surface area contributed by atoms with Gasteiger partial charge in [0.15, 0.2) is 11.6 Å². The van der Waals surface area contributed by atoms with E-state index in [0.29, 0.717) is 5.69 Å². The van der Waals surface area contributed by atoms with Crippen molar-refractivity contribution in [2.75, 3.05) is 12.4 Å². The molecule has 1 aromatic rings. The number of carbonyl (C=O) groups excluding carboxylic acids is 1. The third kappa shape index (κ3) is 4.16. The van der Waals surface area contributed by atoms with Crippen LogP contribution in [0, 0.1) is 11.7 Å². The smallest absolute Gasteiger partial charge is 0.241 e. The van der Waals surface area contributed by atoms with Crippen LogP contribution in [0.1, 0.15) is 13.8 Å². The van der Waals surface area contributed by atoms with Gasteiger partial charge in [0, 0.05) is 11.8 Å². The molecular formula is C12H18ClFN2O2. The molecule has 3 N–H and O–H groups in total. The van der Waals surface area contributed by atoms with Crippen LogP contribution in [0.5, 0.6) is 5.75 Å². The fourth-order valence-electron chi connectivity index (χ4n) is 1.27. The second-order valence-electron chi connectivity index (χ2n) is 4.11. The van der Waals surface area contributed by atoms with Crippen LogP contribution < -0.4 is 15.8 Å². The standard InChI is InChI=1S/C12H17FN2O2.ClH/c1-7(2)11(14)12(16)15-8-4-5-9(13)10(6-8)17-3;/h4-7,11H,14H2,1-3H3,(H,15,16);1H. The maximum atomic E-state index is 13.1. The Kier molecular flexibility index (Phi) is 6.65. The molecule has 1 amide bonds. The van der Waals surface area contributed by atoms with Gasteiger partial charge in [-0.25, -0.2) is 4.39 Å². The number of nitrogens with two attached hydrogens (primary N) is 1. The number of hydrogen-bond acceptors (Lipinski definition) is 3. The normalized spacial score (nSPS) is 11.7. The molecule has 6 heteroatoms. The second-order valence-corrected chi connectivity index (χ2v) is 4.11. The Morgan fingerprint density at radius 3 is 2.56 bits per heavy atom. The van der Waals surface area contributed by atoms with Crippen LogP contribution in [0.2, 0.25) is 0 Å². The number of amides is 1. The molecule has 0 heterocycles. The lowest BCUT2D eigenvalue weighted by molar-refractivity contribution is -0.118. The van der Waals surface area contributed by atoms with E-state index >= 15 is 0 Å². The number of anilines is 1. The Hall–Kier alpha value is -1.33. The minimum Gasteiger partial charge on any atom is -0.494 e. The monoisotopic (exact) mass is 276 g/mol. The number of hydrogen-bond donors (Lipinski definition) is 2. The first-order chi connectivity index (χ1) is 7.95. The van der Waals surface area contributed by atoms with Gasteiger partial charge < -0.3 is 15.8 Å². The predicted molar refractivity (Wildman–Crippen MR) is 71.6 cm³/mol. The molecule has 0 aromatic heterocycles. The maximum Gasteiger partial charge on any atom is 0.241 e. The van der Waals surface area contributed by atoms with Crippen LogP contribution in [-0.4, -0.2) is 19.1 Å². The van der Waals surface area contributed by atoms with Crippen molar-refractivity contribution in [1.29, 1.82) is 0 Å². The van der Waals surface area contributed by atoms with E-state index in [1.807, 2.05) is 13.8 Å². The summed E-state index contributed by atoms with van der Waals surface area (Å²) in [5, 5.41) is 2.61. The molecule has 0 aliphatic heterocycles. The van der Waals surface area contributed by atoms with Gasteiger partial charge in [-0.1, -0.05) is 13.8 Å². The highest BCUT2D eigenvalue weighted by atomic mass is 35.5. The summed E-state index contributed by atoms with van der Waals surface area (Å²) in [7, 11) is 1.36. The molecule has 1 rings (SSSR count). The molecule has 102 valence electrons. The van der Waals surface area contributed by atoms with Crippen molar-refractivity contribution in [3.8, 4) is 5.75 Å². The maximum absolute atomic E-state index is 13.1. The Morgan fingerprint density at radius 1 is 1.44 bits per heavy atom. The predicted octanol–water partition coefficient (Wildman–Crippen LogP) is 2.18. The molecular weight excluding hydrogens is 259 g/mol. The van der Waals surface area contributed by atoms with Crippen LogP contribution in [0.25, 0.3) is 0 Å². The molecule has 0 radical (unpaired) electrons. The van der Waals surface area contributed by atoms with Gasteiger partial charge in [0.2, 0.25) is 5.91 Å². The topological polar surface area (TPSA) is 64.3 Å². The lowest BCUT2D eigenvalue weighted by Crippen LogP contribution is -2.39. The zero-order valence-electron chi connectivity index (χ0n) is 10.6. The van der Waals surface area contributed by atoms with Crippen molar-refractivity contribution in [3.63, 3.8) is 0 Å². The molecule has 0 saturated heterocycles. The summed E-state index contributed by atoms with van der Waals surface area (Å²) in [6.45, 7) is 3.71. The van der Waals surface area contributed by atoms with Crippen molar-refractivity contribution in [2.45, 2.75) is 19.9 Å². The number of ether oxygens (including phenoxy) is 1. The second kappa shape index (κ2) is 7.18. The summed E-state index contributed by atoms with van der Waals surface area (Å²) in [4.78, 5) is 11.7. The van der Waals surface area contributed by atoms with Crippen molar-refractivity contribution in [1.82, 2.24) is 0 Å². The zero-order valence-corrected chi connectivity index (χ0v) is 11.4. The van der Waals surface area contributed by atoms with E-state index in [0.717, 1.165) is 0 Å². The number of nitrogens with one attached hydrogen (secondary N) is 1. The molecule has 0 aliphatic rings. The minimum atomic E-state index is -0.592. The van der Waals surface area contributed by atoms with Gasteiger partial charge in [0.05, 0.1) is 13.2 Å². The Morgan fingerprint density at radius 2 is 2.06 bits per heavy atom. The molecule has 0 fully saturated rings. The molecule has 0 bridgehead atoms. The third-order valence-electron chi connectivity index (χ3n) is 2.44. The fraction of sp³-hybridized carbons (Fsp3) is 0.417. The molecule has 0 aliphatic carbocycles. The first-order valence-corrected chi connectivity index (χ1v) is 5.35. The van der Waals surface area contributed by atoms with Gasteiger partial charge in [-0.15, -0.1) is 12.4 Å². The molecule has 1 unspecified atom stereocenters. The largest absolute Gasteiger partial charge is 0.494 e. The van der Waals surface area contributed by atoms with E-state index in [-0.39, 0.29) is 30.0 Å². The highest BCUT2D eigenvalue weighted by Crippen LogP contribution is 2.21. The number of benzene rings is 1. The van der Waals surface area contributed by atoms with E-state index in [2.05, 4.69) is 5.32 Å². The van der Waals surface area contributed by atoms with E-state index in [1.54, 1.807) is 0 Å². The number of carbonyl (C=O) groups is 1. The average Bonchev–Trinajstić information content (AvgIpc) is 2.30. The van der Waals surface area contributed by atoms with E-state index in [9.17, 15) is 9.18 Å². The summed E-state index contributed by atoms with van der Waals surface area (Å²) in [5.74, 6) is -0.648. The lowest BCUT2D eigenvalue weighted by Gasteiger charge is -2.15. The highest BCUT2D eigenvalue weighted by molar-refractivity contribution is 5.95. The van der Waals surface area contributed by atoms with Crippen molar-refractivity contribution in [3.05, 3.63) is 24.0 Å².